The molecule has 0 spiro atoms. The molecule has 1 aromatic heterocycles. The number of aromatic nitrogens is 2. The van der Waals surface area contributed by atoms with E-state index in [4.69, 9.17) is 0 Å². The van der Waals surface area contributed by atoms with Crippen molar-refractivity contribution in [3.8, 4) is 11.4 Å². The van der Waals surface area contributed by atoms with Crippen LogP contribution in [0.1, 0.15) is 44.9 Å². The molecule has 0 atom stereocenters. The second-order valence-corrected chi connectivity index (χ2v) is 8.04. The van der Waals surface area contributed by atoms with E-state index in [0.717, 1.165) is 41.0 Å². The number of anilines is 1. The minimum Gasteiger partial charge on any atom is -0.338 e. The molecule has 1 aliphatic rings. The molecular formula is C24H29N5O2. The number of hydrogen-bond acceptors (Lipinski definition) is 3. The summed E-state index contributed by atoms with van der Waals surface area (Å²) in [5.41, 5.74) is 3.40. The van der Waals surface area contributed by atoms with Crippen molar-refractivity contribution in [1.29, 1.82) is 0 Å². The smallest absolute Gasteiger partial charge is 0.315 e. The zero-order valence-electron chi connectivity index (χ0n) is 17.6. The third-order valence-corrected chi connectivity index (χ3v) is 5.65. The normalized spacial score (nSPS) is 14.3. The average molecular weight is 420 g/mol. The number of fused-ring (bicyclic) bond motifs is 1. The molecule has 4 N–H and O–H groups in total. The Morgan fingerprint density at radius 3 is 2.61 bits per heavy atom. The van der Waals surface area contributed by atoms with Gasteiger partial charge >= 0.3 is 6.03 Å². The lowest BCUT2D eigenvalue weighted by atomic mass is 9.96. The van der Waals surface area contributed by atoms with Crippen LogP contribution in [0.5, 0.6) is 0 Å². The van der Waals surface area contributed by atoms with Crippen molar-refractivity contribution in [3.63, 3.8) is 0 Å². The van der Waals surface area contributed by atoms with Crippen molar-refractivity contribution in [1.82, 2.24) is 20.6 Å². The molecular weight excluding hydrogens is 390 g/mol. The van der Waals surface area contributed by atoms with E-state index in [1.807, 2.05) is 48.5 Å². The van der Waals surface area contributed by atoms with Crippen LogP contribution in [-0.2, 0) is 4.79 Å². The molecule has 4 rings (SSSR count). The van der Waals surface area contributed by atoms with E-state index >= 15 is 0 Å². The van der Waals surface area contributed by atoms with Crippen molar-refractivity contribution in [2.24, 2.45) is 0 Å². The van der Waals surface area contributed by atoms with Crippen molar-refractivity contribution >= 4 is 28.7 Å². The predicted molar refractivity (Wildman–Crippen MR) is 123 cm³/mol. The molecule has 0 unspecified atom stereocenters. The predicted octanol–water partition coefficient (Wildman–Crippen LogP) is 4.58. The molecule has 1 saturated carbocycles. The highest BCUT2D eigenvalue weighted by molar-refractivity contribution is 5.95. The highest BCUT2D eigenvalue weighted by atomic mass is 16.2. The zero-order chi connectivity index (χ0) is 21.5. The molecule has 7 heteroatoms. The number of benzene rings is 2. The summed E-state index contributed by atoms with van der Waals surface area (Å²) in [5.74, 6) is 0.635. The molecule has 0 saturated heterocycles. The van der Waals surface area contributed by atoms with Crippen LogP contribution in [0.2, 0.25) is 0 Å². The monoisotopic (exact) mass is 419 g/mol. The lowest BCUT2D eigenvalue weighted by Gasteiger charge is -2.22. The van der Waals surface area contributed by atoms with Gasteiger partial charge in [-0.05, 0) is 43.5 Å². The minimum atomic E-state index is -0.137. The fraction of sp³-hybridized carbons (Fsp3) is 0.375. The molecule has 162 valence electrons. The summed E-state index contributed by atoms with van der Waals surface area (Å²) in [6.45, 7) is 0.469. The molecule has 3 aromatic rings. The molecule has 0 aliphatic heterocycles. The van der Waals surface area contributed by atoms with Crippen LogP contribution in [-0.4, -0.2) is 34.5 Å². The highest BCUT2D eigenvalue weighted by Gasteiger charge is 2.15. The van der Waals surface area contributed by atoms with Gasteiger partial charge in [-0.3, -0.25) is 4.79 Å². The topological polar surface area (TPSA) is 98.9 Å². The lowest BCUT2D eigenvalue weighted by molar-refractivity contribution is -0.116. The summed E-state index contributed by atoms with van der Waals surface area (Å²) < 4.78 is 0. The Balaban J connectivity index is 1.27. The number of carbonyl (C=O) groups is 2. The van der Waals surface area contributed by atoms with Gasteiger partial charge in [0.05, 0.1) is 16.7 Å². The molecule has 1 fully saturated rings. The second kappa shape index (κ2) is 10.1. The molecule has 0 radical (unpaired) electrons. The number of rotatable bonds is 7. The molecule has 1 heterocycles. The van der Waals surface area contributed by atoms with Crippen LogP contribution in [0, 0.1) is 0 Å². The summed E-state index contributed by atoms with van der Waals surface area (Å²) >= 11 is 0. The lowest BCUT2D eigenvalue weighted by Crippen LogP contribution is -2.43. The average Bonchev–Trinajstić information content (AvgIpc) is 3.22. The molecule has 0 bridgehead atoms. The van der Waals surface area contributed by atoms with Gasteiger partial charge in [-0.25, -0.2) is 9.78 Å². The fourth-order valence-electron chi connectivity index (χ4n) is 4.03. The van der Waals surface area contributed by atoms with Gasteiger partial charge in [-0.15, -0.1) is 0 Å². The van der Waals surface area contributed by atoms with E-state index in [9.17, 15) is 9.59 Å². The minimum absolute atomic E-state index is 0.0851. The molecule has 3 amide bonds. The fourth-order valence-corrected chi connectivity index (χ4v) is 4.03. The molecule has 31 heavy (non-hydrogen) atoms. The number of H-pyrrole nitrogens is 1. The first-order chi connectivity index (χ1) is 15.2. The number of nitrogens with zero attached hydrogens (tertiary/aromatic N) is 1. The van der Waals surface area contributed by atoms with E-state index in [1.165, 1.54) is 19.3 Å². The van der Waals surface area contributed by atoms with E-state index in [1.54, 1.807) is 0 Å². The SMILES string of the molecule is O=C(CCCNC(=O)NC1CCCCC1)Nc1ccccc1-c1nc2ccccc2[nH]1. The van der Waals surface area contributed by atoms with Crippen LogP contribution < -0.4 is 16.0 Å². The third kappa shape index (κ3) is 5.63. The Bertz CT molecular complexity index is 1010. The number of aromatic amines is 1. The standard InChI is InChI=1S/C24H29N5O2/c30-22(15-8-16-25-24(31)26-17-9-2-1-3-10-17)27-19-12-5-4-11-18(19)23-28-20-13-6-7-14-21(20)29-23/h4-7,11-14,17H,1-3,8-10,15-16H2,(H,27,30)(H,28,29)(H2,25,26,31). The maximum atomic E-state index is 12.5. The van der Waals surface area contributed by atoms with Crippen molar-refractivity contribution in [3.05, 3.63) is 48.5 Å². The number of amides is 3. The van der Waals surface area contributed by atoms with Gasteiger partial charge < -0.3 is 20.9 Å². The quantitative estimate of drug-likeness (QED) is 0.422. The van der Waals surface area contributed by atoms with Gasteiger partial charge in [0.1, 0.15) is 5.82 Å². The molecule has 2 aromatic carbocycles. The van der Waals surface area contributed by atoms with Crippen LogP contribution in [0.4, 0.5) is 10.5 Å². The Morgan fingerprint density at radius 1 is 1.00 bits per heavy atom. The van der Waals surface area contributed by atoms with Crippen molar-refractivity contribution < 1.29 is 9.59 Å². The van der Waals surface area contributed by atoms with Crippen molar-refractivity contribution in [2.75, 3.05) is 11.9 Å². The second-order valence-electron chi connectivity index (χ2n) is 8.04. The van der Waals surface area contributed by atoms with Crippen molar-refractivity contribution in [2.45, 2.75) is 51.0 Å². The van der Waals surface area contributed by atoms with E-state index in [-0.39, 0.29) is 18.0 Å². The van der Waals surface area contributed by atoms with Gasteiger partial charge in [0, 0.05) is 24.6 Å². The number of para-hydroxylation sites is 3. The third-order valence-electron chi connectivity index (χ3n) is 5.65. The zero-order valence-corrected chi connectivity index (χ0v) is 17.6. The summed E-state index contributed by atoms with van der Waals surface area (Å²) in [6.07, 6.45) is 6.64. The number of hydrogen-bond donors (Lipinski definition) is 4. The maximum Gasteiger partial charge on any atom is 0.315 e. The van der Waals surface area contributed by atoms with Gasteiger partial charge in [0.2, 0.25) is 5.91 Å². The largest absolute Gasteiger partial charge is 0.338 e. The molecule has 7 nitrogen and oxygen atoms in total. The summed E-state index contributed by atoms with van der Waals surface area (Å²) in [6, 6.07) is 15.6. The van der Waals surface area contributed by atoms with Gasteiger partial charge in [0.25, 0.3) is 0 Å². The van der Waals surface area contributed by atoms with E-state index in [0.29, 0.717) is 19.4 Å². The Kier molecular flexibility index (Phi) is 6.82. The van der Waals surface area contributed by atoms with Gasteiger partial charge in [-0.1, -0.05) is 43.5 Å². The Labute approximate surface area is 182 Å². The Morgan fingerprint density at radius 2 is 1.77 bits per heavy atom. The summed E-state index contributed by atoms with van der Waals surface area (Å²) in [7, 11) is 0. The van der Waals surface area contributed by atoms with Crippen LogP contribution in [0.15, 0.2) is 48.5 Å². The summed E-state index contributed by atoms with van der Waals surface area (Å²) in [4.78, 5) is 32.4. The summed E-state index contributed by atoms with van der Waals surface area (Å²) in [5, 5.41) is 8.86. The Hall–Kier alpha value is -3.35. The first-order valence-corrected chi connectivity index (χ1v) is 11.1. The van der Waals surface area contributed by atoms with E-state index < -0.39 is 0 Å². The number of imidazole rings is 1. The van der Waals surface area contributed by atoms with Gasteiger partial charge in [-0.2, -0.15) is 0 Å². The highest BCUT2D eigenvalue weighted by Crippen LogP contribution is 2.27. The number of urea groups is 1. The van der Waals surface area contributed by atoms with Gasteiger partial charge in [0.15, 0.2) is 0 Å². The number of nitrogens with one attached hydrogen (secondary N) is 4. The van der Waals surface area contributed by atoms with E-state index in [2.05, 4.69) is 25.9 Å². The first-order valence-electron chi connectivity index (χ1n) is 11.1. The number of carbonyl (C=O) groups excluding carboxylic acids is 2. The van der Waals surface area contributed by atoms with Crippen LogP contribution >= 0.6 is 0 Å². The first kappa shape index (κ1) is 20.9. The van der Waals surface area contributed by atoms with Crippen LogP contribution in [0.25, 0.3) is 22.4 Å². The maximum absolute atomic E-state index is 12.5. The molecule has 1 aliphatic carbocycles. The van der Waals surface area contributed by atoms with Crippen LogP contribution in [0.3, 0.4) is 0 Å².